The molecule has 0 aromatic heterocycles. The van der Waals surface area contributed by atoms with Crippen molar-refractivity contribution in [2.45, 2.75) is 20.8 Å². The first-order valence-corrected chi connectivity index (χ1v) is 7.71. The van der Waals surface area contributed by atoms with Crippen LogP contribution in [0.1, 0.15) is 22.3 Å². The number of carbonyl (C=O) groups excluding carboxylic acids is 1. The first kappa shape index (κ1) is 18.7. The van der Waals surface area contributed by atoms with E-state index in [4.69, 9.17) is 0 Å². The zero-order valence-electron chi connectivity index (χ0n) is 14.5. The van der Waals surface area contributed by atoms with Crippen LogP contribution in [0, 0.1) is 42.2 Å². The van der Waals surface area contributed by atoms with E-state index >= 15 is 0 Å². The standard InChI is InChI=1S/C19H17N3O4/c1-11-6-12(2)18(13(3)7-11)21-19(24)15(10-20)8-14-4-5-17(23)16(9-14)22(25)26/h4-9,23H,1-3H3,(H,21,24)/b15-8+. The van der Waals surface area contributed by atoms with E-state index in [0.29, 0.717) is 5.69 Å². The van der Waals surface area contributed by atoms with Gasteiger partial charge < -0.3 is 10.4 Å². The van der Waals surface area contributed by atoms with Crippen LogP contribution in [0.3, 0.4) is 0 Å². The maximum Gasteiger partial charge on any atom is 0.311 e. The number of aromatic hydroxyl groups is 1. The van der Waals surface area contributed by atoms with Gasteiger partial charge in [-0.05, 0) is 49.6 Å². The molecule has 0 aliphatic rings. The van der Waals surface area contributed by atoms with Crippen molar-refractivity contribution in [3.8, 4) is 11.8 Å². The second-order valence-electron chi connectivity index (χ2n) is 5.90. The molecule has 0 heterocycles. The molecule has 0 spiro atoms. The Morgan fingerprint density at radius 1 is 1.23 bits per heavy atom. The zero-order valence-corrected chi connectivity index (χ0v) is 14.5. The molecule has 0 atom stereocenters. The minimum absolute atomic E-state index is 0.204. The molecule has 0 saturated carbocycles. The second kappa shape index (κ2) is 7.49. The summed E-state index contributed by atoms with van der Waals surface area (Å²) in [6, 6.07) is 9.27. The Hall–Kier alpha value is -3.66. The number of phenolic OH excluding ortho intramolecular Hbond substituents is 1. The fourth-order valence-electron chi connectivity index (χ4n) is 2.65. The molecule has 1 amide bonds. The minimum atomic E-state index is -0.738. The summed E-state index contributed by atoms with van der Waals surface area (Å²) < 4.78 is 0. The molecule has 0 unspecified atom stereocenters. The fraction of sp³-hybridized carbons (Fsp3) is 0.158. The summed E-state index contributed by atoms with van der Waals surface area (Å²) in [5, 5.41) is 32.4. The molecule has 2 rings (SSSR count). The molecule has 0 bridgehead atoms. The van der Waals surface area contributed by atoms with Crippen LogP contribution in [-0.2, 0) is 4.79 Å². The Labute approximate surface area is 150 Å². The van der Waals surface area contributed by atoms with Crippen LogP contribution in [0.2, 0.25) is 0 Å². The van der Waals surface area contributed by atoms with Gasteiger partial charge in [0.2, 0.25) is 0 Å². The lowest BCUT2D eigenvalue weighted by molar-refractivity contribution is -0.385. The van der Waals surface area contributed by atoms with Gasteiger partial charge in [0.1, 0.15) is 11.6 Å². The molecular weight excluding hydrogens is 334 g/mol. The molecule has 0 radical (unpaired) electrons. The van der Waals surface area contributed by atoms with Crippen molar-refractivity contribution in [3.05, 3.63) is 68.3 Å². The Morgan fingerprint density at radius 2 is 1.85 bits per heavy atom. The lowest BCUT2D eigenvalue weighted by Gasteiger charge is -2.12. The highest BCUT2D eigenvalue weighted by molar-refractivity contribution is 6.10. The van der Waals surface area contributed by atoms with Crippen LogP contribution in [0.4, 0.5) is 11.4 Å². The van der Waals surface area contributed by atoms with Crippen molar-refractivity contribution in [1.29, 1.82) is 5.26 Å². The maximum absolute atomic E-state index is 12.4. The van der Waals surface area contributed by atoms with E-state index in [2.05, 4.69) is 5.32 Å². The highest BCUT2D eigenvalue weighted by Gasteiger charge is 2.16. The van der Waals surface area contributed by atoms with Gasteiger partial charge in [-0.1, -0.05) is 23.8 Å². The smallest absolute Gasteiger partial charge is 0.311 e. The number of nitro groups is 1. The van der Waals surface area contributed by atoms with E-state index in [0.717, 1.165) is 28.8 Å². The first-order chi connectivity index (χ1) is 12.2. The summed E-state index contributed by atoms with van der Waals surface area (Å²) in [7, 11) is 0. The Kier molecular flexibility index (Phi) is 5.38. The number of phenols is 1. The van der Waals surface area contributed by atoms with Gasteiger partial charge in [0.25, 0.3) is 5.91 Å². The van der Waals surface area contributed by atoms with Crippen LogP contribution in [-0.4, -0.2) is 15.9 Å². The van der Waals surface area contributed by atoms with Crippen LogP contribution in [0.5, 0.6) is 5.75 Å². The number of anilines is 1. The first-order valence-electron chi connectivity index (χ1n) is 7.71. The van der Waals surface area contributed by atoms with E-state index in [-0.39, 0.29) is 11.1 Å². The predicted molar refractivity (Wildman–Crippen MR) is 97.6 cm³/mol. The summed E-state index contributed by atoms with van der Waals surface area (Å²) in [6.07, 6.45) is 1.24. The average Bonchev–Trinajstić information content (AvgIpc) is 2.56. The molecule has 7 heteroatoms. The number of amides is 1. The summed E-state index contributed by atoms with van der Waals surface area (Å²) in [4.78, 5) is 22.6. The monoisotopic (exact) mass is 351 g/mol. The van der Waals surface area contributed by atoms with Gasteiger partial charge in [0.15, 0.2) is 5.75 Å². The normalized spacial score (nSPS) is 10.9. The number of nitro benzene ring substituents is 1. The zero-order chi connectivity index (χ0) is 19.4. The highest BCUT2D eigenvalue weighted by Crippen LogP contribution is 2.27. The van der Waals surface area contributed by atoms with Gasteiger partial charge >= 0.3 is 5.69 Å². The third kappa shape index (κ3) is 4.05. The summed E-state index contributed by atoms with van der Waals surface area (Å²) in [5.41, 5.74) is 2.98. The summed E-state index contributed by atoms with van der Waals surface area (Å²) >= 11 is 0. The summed E-state index contributed by atoms with van der Waals surface area (Å²) in [6.45, 7) is 5.66. The minimum Gasteiger partial charge on any atom is -0.502 e. The van der Waals surface area contributed by atoms with Gasteiger partial charge in [-0.2, -0.15) is 5.26 Å². The van der Waals surface area contributed by atoms with Crippen LogP contribution >= 0.6 is 0 Å². The van der Waals surface area contributed by atoms with E-state index in [1.165, 1.54) is 12.1 Å². The molecule has 0 saturated heterocycles. The average molecular weight is 351 g/mol. The van der Waals surface area contributed by atoms with Crippen molar-refractivity contribution >= 4 is 23.4 Å². The topological polar surface area (TPSA) is 116 Å². The SMILES string of the molecule is Cc1cc(C)c(NC(=O)/C(C#N)=C/c2ccc(O)c([N+](=O)[O-])c2)c(C)c1. The van der Waals surface area contributed by atoms with Crippen molar-refractivity contribution in [3.63, 3.8) is 0 Å². The Balaban J connectivity index is 2.36. The fourth-order valence-corrected chi connectivity index (χ4v) is 2.65. The van der Waals surface area contributed by atoms with Crippen LogP contribution < -0.4 is 5.32 Å². The lowest BCUT2D eigenvalue weighted by atomic mass is 10.0. The number of hydrogen-bond donors (Lipinski definition) is 2. The number of nitrogens with one attached hydrogen (secondary N) is 1. The Bertz CT molecular complexity index is 948. The molecule has 26 heavy (non-hydrogen) atoms. The molecule has 132 valence electrons. The quantitative estimate of drug-likeness (QED) is 0.376. The summed E-state index contributed by atoms with van der Waals surface area (Å²) in [5.74, 6) is -1.10. The molecular formula is C19H17N3O4. The van der Waals surface area contributed by atoms with Crippen molar-refractivity contribution < 1.29 is 14.8 Å². The van der Waals surface area contributed by atoms with Gasteiger partial charge in [0.05, 0.1) is 4.92 Å². The molecule has 2 aromatic carbocycles. The van der Waals surface area contributed by atoms with Gasteiger partial charge in [-0.3, -0.25) is 14.9 Å². The molecule has 0 fully saturated rings. The molecule has 7 nitrogen and oxygen atoms in total. The van der Waals surface area contributed by atoms with Crippen LogP contribution in [0.25, 0.3) is 6.08 Å². The largest absolute Gasteiger partial charge is 0.502 e. The highest BCUT2D eigenvalue weighted by atomic mass is 16.6. The number of hydrogen-bond acceptors (Lipinski definition) is 5. The van der Waals surface area contributed by atoms with E-state index < -0.39 is 22.3 Å². The lowest BCUT2D eigenvalue weighted by Crippen LogP contribution is -2.15. The number of aryl methyl sites for hydroxylation is 3. The maximum atomic E-state index is 12.4. The molecule has 2 aromatic rings. The van der Waals surface area contributed by atoms with Crippen molar-refractivity contribution in [2.75, 3.05) is 5.32 Å². The number of carbonyl (C=O) groups is 1. The number of rotatable bonds is 4. The van der Waals surface area contributed by atoms with E-state index in [1.54, 1.807) is 6.07 Å². The number of benzene rings is 2. The van der Waals surface area contributed by atoms with Crippen molar-refractivity contribution in [1.82, 2.24) is 0 Å². The van der Waals surface area contributed by atoms with Gasteiger partial charge in [0, 0.05) is 11.8 Å². The third-order valence-corrected chi connectivity index (χ3v) is 3.79. The number of nitriles is 1. The van der Waals surface area contributed by atoms with E-state index in [1.807, 2.05) is 32.9 Å². The predicted octanol–water partition coefficient (Wildman–Crippen LogP) is 3.77. The number of nitrogens with zero attached hydrogens (tertiary/aromatic N) is 2. The third-order valence-electron chi connectivity index (χ3n) is 3.79. The molecule has 0 aliphatic heterocycles. The van der Waals surface area contributed by atoms with Gasteiger partial charge in [-0.25, -0.2) is 0 Å². The molecule has 2 N–H and O–H groups in total. The van der Waals surface area contributed by atoms with E-state index in [9.17, 15) is 25.3 Å². The van der Waals surface area contributed by atoms with Crippen molar-refractivity contribution in [2.24, 2.45) is 0 Å². The van der Waals surface area contributed by atoms with Gasteiger partial charge in [-0.15, -0.1) is 0 Å². The second-order valence-corrected chi connectivity index (χ2v) is 5.90. The Morgan fingerprint density at radius 3 is 2.38 bits per heavy atom. The molecule has 0 aliphatic carbocycles. The van der Waals surface area contributed by atoms with Crippen LogP contribution in [0.15, 0.2) is 35.9 Å².